The van der Waals surface area contributed by atoms with Crippen LogP contribution in [0.15, 0.2) is 24.3 Å². The molecule has 98 valence electrons. The molecule has 18 heavy (non-hydrogen) atoms. The number of carbonyl (C=O) groups excluding carboxylic acids is 1. The lowest BCUT2D eigenvalue weighted by molar-refractivity contribution is -0.113. The summed E-state index contributed by atoms with van der Waals surface area (Å²) in [7, 11) is 0. The molecule has 0 aliphatic carbocycles. The molecule has 0 saturated carbocycles. The summed E-state index contributed by atoms with van der Waals surface area (Å²) < 4.78 is 0. The van der Waals surface area contributed by atoms with E-state index in [4.69, 9.17) is 0 Å². The molecule has 1 aliphatic rings. The minimum absolute atomic E-state index is 0.168. The second-order valence-corrected chi connectivity index (χ2v) is 6.35. The Bertz CT molecular complexity index is 408. The first kappa shape index (κ1) is 13.3. The second kappa shape index (κ2) is 4.85. The maximum Gasteiger partial charge on any atom is 0.130 e. The van der Waals surface area contributed by atoms with E-state index in [-0.39, 0.29) is 10.8 Å². The lowest BCUT2D eigenvalue weighted by Crippen LogP contribution is -2.41. The summed E-state index contributed by atoms with van der Waals surface area (Å²) in [5, 5.41) is 3.32. The highest BCUT2D eigenvalue weighted by atomic mass is 16.1. The van der Waals surface area contributed by atoms with Gasteiger partial charge in [0, 0.05) is 0 Å². The van der Waals surface area contributed by atoms with Gasteiger partial charge in [0.15, 0.2) is 0 Å². The quantitative estimate of drug-likeness (QED) is 0.812. The molecule has 0 bridgehead atoms. The fourth-order valence-electron chi connectivity index (χ4n) is 2.65. The minimum Gasteiger partial charge on any atom is -0.317 e. The van der Waals surface area contributed by atoms with Crippen molar-refractivity contribution in [1.29, 1.82) is 0 Å². The van der Waals surface area contributed by atoms with E-state index >= 15 is 0 Å². The second-order valence-electron chi connectivity index (χ2n) is 6.35. The van der Waals surface area contributed by atoms with Gasteiger partial charge in [-0.05, 0) is 42.5 Å². The predicted octanol–water partition coefficient (Wildman–Crippen LogP) is 2.80. The average Bonchev–Trinajstić information content (AvgIpc) is 2.39. The number of rotatable bonds is 2. The first-order valence-corrected chi connectivity index (χ1v) is 6.76. The Morgan fingerprint density at radius 2 is 1.67 bits per heavy atom. The molecule has 1 aromatic carbocycles. The van der Waals surface area contributed by atoms with Gasteiger partial charge in [0.25, 0.3) is 0 Å². The number of piperidine rings is 1. The Morgan fingerprint density at radius 1 is 1.11 bits per heavy atom. The summed E-state index contributed by atoms with van der Waals surface area (Å²) in [4.78, 5) is 11.5. The van der Waals surface area contributed by atoms with Crippen molar-refractivity contribution in [1.82, 2.24) is 5.32 Å². The molecule has 0 radical (unpaired) electrons. The Labute approximate surface area is 110 Å². The van der Waals surface area contributed by atoms with E-state index in [1.54, 1.807) is 0 Å². The van der Waals surface area contributed by atoms with Crippen LogP contribution in [0.5, 0.6) is 0 Å². The van der Waals surface area contributed by atoms with Crippen molar-refractivity contribution in [3.63, 3.8) is 0 Å². The zero-order chi connectivity index (χ0) is 13.2. The Hall–Kier alpha value is -1.15. The molecule has 2 rings (SSSR count). The van der Waals surface area contributed by atoms with E-state index in [0.29, 0.717) is 0 Å². The lowest BCUT2D eigenvalue weighted by atomic mass is 9.73. The van der Waals surface area contributed by atoms with Crippen LogP contribution in [0, 0.1) is 0 Å². The number of hydrogen-bond donors (Lipinski definition) is 1. The fraction of sp³-hybridized carbons (Fsp3) is 0.562. The smallest absolute Gasteiger partial charge is 0.130 e. The van der Waals surface area contributed by atoms with E-state index in [2.05, 4.69) is 50.4 Å². The van der Waals surface area contributed by atoms with E-state index in [1.807, 2.05) is 0 Å². The largest absolute Gasteiger partial charge is 0.317 e. The van der Waals surface area contributed by atoms with Crippen LogP contribution in [0.25, 0.3) is 0 Å². The van der Waals surface area contributed by atoms with Crippen LogP contribution in [-0.2, 0) is 15.6 Å². The summed E-state index contributed by atoms with van der Waals surface area (Å²) in [6.07, 6.45) is 2.97. The van der Waals surface area contributed by atoms with Gasteiger partial charge in [-0.15, -0.1) is 0 Å². The van der Waals surface area contributed by atoms with Gasteiger partial charge < -0.3 is 10.1 Å². The van der Waals surface area contributed by atoms with Gasteiger partial charge in [0.05, 0.1) is 5.41 Å². The van der Waals surface area contributed by atoms with Gasteiger partial charge in [-0.3, -0.25) is 0 Å². The van der Waals surface area contributed by atoms with Crippen molar-refractivity contribution in [3.8, 4) is 0 Å². The van der Waals surface area contributed by atoms with Gasteiger partial charge in [0.2, 0.25) is 0 Å². The Balaban J connectivity index is 2.30. The summed E-state index contributed by atoms with van der Waals surface area (Å²) in [5.41, 5.74) is 2.40. The number of aldehydes is 1. The number of nitrogens with one attached hydrogen (secondary N) is 1. The Morgan fingerprint density at radius 3 is 2.11 bits per heavy atom. The van der Waals surface area contributed by atoms with Gasteiger partial charge in [-0.2, -0.15) is 0 Å². The maximum atomic E-state index is 11.5. The van der Waals surface area contributed by atoms with Gasteiger partial charge in [-0.1, -0.05) is 45.0 Å². The first-order chi connectivity index (χ1) is 8.48. The maximum absolute atomic E-state index is 11.5. The zero-order valence-electron chi connectivity index (χ0n) is 11.6. The summed E-state index contributed by atoms with van der Waals surface area (Å²) in [6.45, 7) is 8.49. The number of benzene rings is 1. The monoisotopic (exact) mass is 245 g/mol. The molecule has 0 unspecified atom stereocenters. The molecule has 0 aromatic heterocycles. The third-order valence-electron chi connectivity index (χ3n) is 4.05. The average molecular weight is 245 g/mol. The van der Waals surface area contributed by atoms with Crippen molar-refractivity contribution >= 4 is 6.29 Å². The highest BCUT2D eigenvalue weighted by molar-refractivity contribution is 5.69. The topological polar surface area (TPSA) is 29.1 Å². The Kier molecular flexibility index (Phi) is 3.58. The van der Waals surface area contributed by atoms with Crippen LogP contribution >= 0.6 is 0 Å². The molecule has 1 N–H and O–H groups in total. The molecule has 1 heterocycles. The van der Waals surface area contributed by atoms with Crippen LogP contribution in [0.4, 0.5) is 0 Å². The lowest BCUT2D eigenvalue weighted by Gasteiger charge is -2.33. The molecule has 0 spiro atoms. The van der Waals surface area contributed by atoms with Gasteiger partial charge in [-0.25, -0.2) is 0 Å². The first-order valence-electron chi connectivity index (χ1n) is 6.76. The van der Waals surface area contributed by atoms with E-state index in [9.17, 15) is 4.79 Å². The van der Waals surface area contributed by atoms with E-state index < -0.39 is 0 Å². The normalized spacial score (nSPS) is 19.5. The molecule has 0 amide bonds. The predicted molar refractivity (Wildman–Crippen MR) is 75.0 cm³/mol. The third-order valence-corrected chi connectivity index (χ3v) is 4.05. The third kappa shape index (κ3) is 2.49. The standard InChI is InChI=1S/C16H23NO/c1-15(2,3)13-4-6-14(7-5-13)16(12-18)8-10-17-11-9-16/h4-7,12,17H,8-11H2,1-3H3. The SMILES string of the molecule is CC(C)(C)c1ccc(C2(C=O)CCNCC2)cc1. The molecule has 2 nitrogen and oxygen atoms in total. The van der Waals surface area contributed by atoms with Crippen molar-refractivity contribution < 1.29 is 4.79 Å². The fourth-order valence-corrected chi connectivity index (χ4v) is 2.65. The molecule has 2 heteroatoms. The molecule has 1 fully saturated rings. The van der Waals surface area contributed by atoms with Crippen molar-refractivity contribution in [2.24, 2.45) is 0 Å². The molecule has 1 aliphatic heterocycles. The highest BCUT2D eigenvalue weighted by Crippen LogP contribution is 2.33. The van der Waals surface area contributed by atoms with E-state index in [0.717, 1.165) is 32.2 Å². The number of hydrogen-bond acceptors (Lipinski definition) is 2. The van der Waals surface area contributed by atoms with Crippen LogP contribution in [0.1, 0.15) is 44.7 Å². The molecule has 1 saturated heterocycles. The van der Waals surface area contributed by atoms with Gasteiger partial charge >= 0.3 is 0 Å². The van der Waals surface area contributed by atoms with Crippen molar-refractivity contribution in [3.05, 3.63) is 35.4 Å². The summed E-state index contributed by atoms with van der Waals surface area (Å²) in [6, 6.07) is 8.62. The number of carbonyl (C=O) groups is 1. The van der Waals surface area contributed by atoms with Crippen LogP contribution < -0.4 is 5.32 Å². The summed E-state index contributed by atoms with van der Waals surface area (Å²) >= 11 is 0. The van der Waals surface area contributed by atoms with Crippen molar-refractivity contribution in [2.75, 3.05) is 13.1 Å². The highest BCUT2D eigenvalue weighted by Gasteiger charge is 2.33. The zero-order valence-corrected chi connectivity index (χ0v) is 11.6. The van der Waals surface area contributed by atoms with Crippen LogP contribution in [-0.4, -0.2) is 19.4 Å². The molecule has 1 aromatic rings. The van der Waals surface area contributed by atoms with Crippen LogP contribution in [0.3, 0.4) is 0 Å². The molecule has 0 atom stereocenters. The van der Waals surface area contributed by atoms with Gasteiger partial charge in [0.1, 0.15) is 6.29 Å². The molecular formula is C16H23NO. The minimum atomic E-state index is -0.262. The van der Waals surface area contributed by atoms with Crippen LogP contribution in [0.2, 0.25) is 0 Å². The summed E-state index contributed by atoms with van der Waals surface area (Å²) in [5.74, 6) is 0. The molecular weight excluding hydrogens is 222 g/mol. The van der Waals surface area contributed by atoms with Crippen molar-refractivity contribution in [2.45, 2.75) is 44.4 Å². The van der Waals surface area contributed by atoms with E-state index in [1.165, 1.54) is 11.1 Å².